The van der Waals surface area contributed by atoms with Crippen molar-refractivity contribution in [1.29, 1.82) is 0 Å². The zero-order valence-corrected chi connectivity index (χ0v) is 12.6. The van der Waals surface area contributed by atoms with Crippen LogP contribution in [0.15, 0.2) is 42.5 Å². The van der Waals surface area contributed by atoms with E-state index in [0.717, 1.165) is 6.07 Å². The highest BCUT2D eigenvalue weighted by molar-refractivity contribution is 6.34. The van der Waals surface area contributed by atoms with Crippen LogP contribution in [0.3, 0.4) is 0 Å². The molecule has 23 heavy (non-hydrogen) atoms. The Hall–Kier alpha value is -2.73. The molecule has 0 spiro atoms. The molecule has 0 aromatic heterocycles. The predicted molar refractivity (Wildman–Crippen MR) is 85.2 cm³/mol. The molecule has 0 N–H and O–H groups in total. The van der Waals surface area contributed by atoms with Crippen molar-refractivity contribution < 1.29 is 14.5 Å². The Morgan fingerprint density at radius 1 is 1.22 bits per heavy atom. The molecule has 1 heterocycles. The number of rotatable bonds is 2. The van der Waals surface area contributed by atoms with Crippen molar-refractivity contribution >= 4 is 34.7 Å². The minimum atomic E-state index is -0.583. The van der Waals surface area contributed by atoms with E-state index in [9.17, 15) is 19.7 Å². The van der Waals surface area contributed by atoms with E-state index >= 15 is 0 Å². The second-order valence-corrected chi connectivity index (χ2v) is 5.48. The SMILES string of the molecule is O=C1CCN(C(=O)c2cc([N+](=O)[O-])ccc2Cl)c2ccccc21. The van der Waals surface area contributed by atoms with Gasteiger partial charge in [-0.05, 0) is 18.2 Å². The number of halogens is 1. The lowest BCUT2D eigenvalue weighted by Gasteiger charge is -2.28. The molecular formula is C16H11ClN2O4. The zero-order valence-electron chi connectivity index (χ0n) is 11.9. The van der Waals surface area contributed by atoms with Gasteiger partial charge >= 0.3 is 0 Å². The first-order chi connectivity index (χ1) is 11.0. The number of amides is 1. The highest BCUT2D eigenvalue weighted by Crippen LogP contribution is 2.30. The van der Waals surface area contributed by atoms with Gasteiger partial charge in [0.15, 0.2) is 5.78 Å². The van der Waals surface area contributed by atoms with Crippen LogP contribution in [0.5, 0.6) is 0 Å². The summed E-state index contributed by atoms with van der Waals surface area (Å²) in [6.45, 7) is 0.216. The molecule has 0 saturated carbocycles. The third-order valence-electron chi connectivity index (χ3n) is 3.69. The number of ketones is 1. The predicted octanol–water partition coefficient (Wildman–Crippen LogP) is 3.48. The van der Waals surface area contributed by atoms with E-state index in [0.29, 0.717) is 11.3 Å². The van der Waals surface area contributed by atoms with Crippen LogP contribution in [0, 0.1) is 10.1 Å². The summed E-state index contributed by atoms with van der Waals surface area (Å²) >= 11 is 6.03. The third kappa shape index (κ3) is 2.68. The van der Waals surface area contributed by atoms with Crippen LogP contribution in [-0.2, 0) is 0 Å². The Bertz CT molecular complexity index is 835. The minimum absolute atomic E-state index is 0.0326. The molecule has 3 rings (SSSR count). The summed E-state index contributed by atoms with van der Waals surface area (Å²) in [5.41, 5.74) is 0.800. The number of para-hydroxylation sites is 1. The first-order valence-electron chi connectivity index (χ1n) is 6.87. The summed E-state index contributed by atoms with van der Waals surface area (Å²) in [7, 11) is 0. The Kier molecular flexibility index (Phi) is 3.83. The molecule has 7 heteroatoms. The molecule has 0 radical (unpaired) electrons. The summed E-state index contributed by atoms with van der Waals surface area (Å²) < 4.78 is 0. The average Bonchev–Trinajstić information content (AvgIpc) is 2.55. The normalized spacial score (nSPS) is 13.6. The van der Waals surface area contributed by atoms with E-state index in [2.05, 4.69) is 0 Å². The first-order valence-corrected chi connectivity index (χ1v) is 7.25. The number of fused-ring (bicyclic) bond motifs is 1. The van der Waals surface area contributed by atoms with Gasteiger partial charge in [0.05, 0.1) is 21.2 Å². The smallest absolute Gasteiger partial charge is 0.270 e. The van der Waals surface area contributed by atoms with Gasteiger partial charge in [-0.1, -0.05) is 23.7 Å². The van der Waals surface area contributed by atoms with Gasteiger partial charge in [-0.3, -0.25) is 19.7 Å². The van der Waals surface area contributed by atoms with Crippen molar-refractivity contribution in [2.75, 3.05) is 11.4 Å². The summed E-state index contributed by atoms with van der Waals surface area (Å²) in [6, 6.07) is 10.5. The van der Waals surface area contributed by atoms with Crippen molar-refractivity contribution in [2.24, 2.45) is 0 Å². The fourth-order valence-corrected chi connectivity index (χ4v) is 2.76. The third-order valence-corrected chi connectivity index (χ3v) is 4.02. The van der Waals surface area contributed by atoms with Crippen LogP contribution in [0.1, 0.15) is 27.1 Å². The van der Waals surface area contributed by atoms with Gasteiger partial charge in [0.2, 0.25) is 0 Å². The van der Waals surface area contributed by atoms with Crippen LogP contribution in [0.25, 0.3) is 0 Å². The molecule has 2 aromatic carbocycles. The van der Waals surface area contributed by atoms with Gasteiger partial charge in [0, 0.05) is 30.7 Å². The lowest BCUT2D eigenvalue weighted by molar-refractivity contribution is -0.384. The number of nitro groups is 1. The molecule has 1 aliphatic rings. The van der Waals surface area contributed by atoms with Gasteiger partial charge in [0.1, 0.15) is 0 Å². The average molecular weight is 331 g/mol. The first kappa shape index (κ1) is 15.2. The van der Waals surface area contributed by atoms with Crippen molar-refractivity contribution in [2.45, 2.75) is 6.42 Å². The van der Waals surface area contributed by atoms with E-state index in [1.54, 1.807) is 24.3 Å². The zero-order chi connectivity index (χ0) is 16.6. The lowest BCUT2D eigenvalue weighted by Crippen LogP contribution is -2.37. The van der Waals surface area contributed by atoms with E-state index in [1.807, 2.05) is 0 Å². The van der Waals surface area contributed by atoms with E-state index in [-0.39, 0.29) is 35.0 Å². The van der Waals surface area contributed by atoms with Gasteiger partial charge in [-0.25, -0.2) is 0 Å². The number of non-ortho nitro benzene ring substituents is 1. The summed E-state index contributed by atoms with van der Waals surface area (Å²) in [4.78, 5) is 36.5. The molecule has 0 aliphatic carbocycles. The van der Waals surface area contributed by atoms with E-state index in [1.165, 1.54) is 17.0 Å². The number of benzene rings is 2. The number of anilines is 1. The maximum absolute atomic E-state index is 12.8. The molecule has 2 aromatic rings. The van der Waals surface area contributed by atoms with Gasteiger partial charge in [-0.15, -0.1) is 0 Å². The summed E-state index contributed by atoms with van der Waals surface area (Å²) in [6.07, 6.45) is 0.204. The Labute approximate surface area is 136 Å². The quantitative estimate of drug-likeness (QED) is 0.623. The molecule has 0 atom stereocenters. The number of hydrogen-bond donors (Lipinski definition) is 0. The molecule has 116 valence electrons. The number of carbonyl (C=O) groups excluding carboxylic acids is 2. The van der Waals surface area contributed by atoms with Crippen LogP contribution in [0.2, 0.25) is 5.02 Å². The maximum atomic E-state index is 12.8. The van der Waals surface area contributed by atoms with Crippen LogP contribution < -0.4 is 4.90 Å². The Morgan fingerprint density at radius 3 is 2.70 bits per heavy atom. The molecule has 1 aliphatic heterocycles. The highest BCUT2D eigenvalue weighted by Gasteiger charge is 2.29. The monoisotopic (exact) mass is 330 g/mol. The largest absolute Gasteiger partial charge is 0.307 e. The van der Waals surface area contributed by atoms with Crippen LogP contribution in [0.4, 0.5) is 11.4 Å². The number of nitrogens with zero attached hydrogens (tertiary/aromatic N) is 2. The molecule has 0 bridgehead atoms. The fraction of sp³-hybridized carbons (Fsp3) is 0.125. The molecule has 0 unspecified atom stereocenters. The number of Topliss-reactive ketones (excluding diaryl/α,β-unsaturated/α-hetero) is 1. The topological polar surface area (TPSA) is 80.5 Å². The molecule has 0 fully saturated rings. The highest BCUT2D eigenvalue weighted by atomic mass is 35.5. The Morgan fingerprint density at radius 2 is 1.96 bits per heavy atom. The second kappa shape index (κ2) is 5.81. The minimum Gasteiger partial charge on any atom is -0.307 e. The number of carbonyl (C=O) groups is 2. The van der Waals surface area contributed by atoms with Gasteiger partial charge < -0.3 is 4.90 Å². The van der Waals surface area contributed by atoms with Crippen LogP contribution >= 0.6 is 11.6 Å². The van der Waals surface area contributed by atoms with Crippen molar-refractivity contribution in [3.05, 3.63) is 68.7 Å². The van der Waals surface area contributed by atoms with Crippen molar-refractivity contribution in [3.8, 4) is 0 Å². The molecular weight excluding hydrogens is 320 g/mol. The summed E-state index contributed by atoms with van der Waals surface area (Å²) in [5, 5.41) is 11.0. The fourth-order valence-electron chi connectivity index (χ4n) is 2.56. The number of nitro benzene ring substituents is 1. The Balaban J connectivity index is 2.05. The molecule has 0 saturated heterocycles. The lowest BCUT2D eigenvalue weighted by atomic mass is 9.99. The van der Waals surface area contributed by atoms with Gasteiger partial charge in [0.25, 0.3) is 11.6 Å². The molecule has 1 amide bonds. The maximum Gasteiger partial charge on any atom is 0.270 e. The van der Waals surface area contributed by atoms with Crippen LogP contribution in [-0.4, -0.2) is 23.2 Å². The van der Waals surface area contributed by atoms with E-state index < -0.39 is 10.8 Å². The van der Waals surface area contributed by atoms with Gasteiger partial charge in [-0.2, -0.15) is 0 Å². The van der Waals surface area contributed by atoms with E-state index in [4.69, 9.17) is 11.6 Å². The van der Waals surface area contributed by atoms with Crippen molar-refractivity contribution in [3.63, 3.8) is 0 Å². The molecule has 6 nitrogen and oxygen atoms in total. The second-order valence-electron chi connectivity index (χ2n) is 5.07. The summed E-state index contributed by atoms with van der Waals surface area (Å²) in [5.74, 6) is -0.492. The standard InChI is InChI=1S/C16H11ClN2O4/c17-13-6-5-10(19(22)23)9-12(13)16(21)18-8-7-15(20)11-3-1-2-4-14(11)18/h1-6,9H,7-8H2. The number of hydrogen-bond acceptors (Lipinski definition) is 4. The van der Waals surface area contributed by atoms with Crippen molar-refractivity contribution in [1.82, 2.24) is 0 Å².